The number of nitrogens with zero attached hydrogens (tertiary/aromatic N) is 1. The van der Waals surface area contributed by atoms with Crippen LogP contribution >= 0.6 is 0 Å². The van der Waals surface area contributed by atoms with Crippen LogP contribution in [0.3, 0.4) is 0 Å². The molecule has 1 heterocycles. The van der Waals surface area contributed by atoms with Gasteiger partial charge in [0.2, 0.25) is 0 Å². The monoisotopic (exact) mass is 281 g/mol. The quantitative estimate of drug-likeness (QED) is 0.806. The number of aryl methyl sites for hydroxylation is 1. The summed E-state index contributed by atoms with van der Waals surface area (Å²) in [5, 5.41) is 2.12. The van der Waals surface area contributed by atoms with E-state index in [1.165, 1.54) is 16.7 Å². The van der Waals surface area contributed by atoms with Crippen molar-refractivity contribution < 1.29 is 0 Å². The first-order valence-electron chi connectivity index (χ1n) is 7.21. The highest BCUT2D eigenvalue weighted by Gasteiger charge is 2.23. The van der Waals surface area contributed by atoms with Crippen molar-refractivity contribution in [1.82, 2.24) is 16.0 Å². The highest BCUT2D eigenvalue weighted by atomic mass is 15.7. The summed E-state index contributed by atoms with van der Waals surface area (Å²) in [6, 6.07) is 8.43. The smallest absolute Gasteiger partial charge is 0.0861 e. The van der Waals surface area contributed by atoms with E-state index in [1.807, 2.05) is 26.0 Å². The number of benzene rings is 1. The Labute approximate surface area is 127 Å². The predicted molar refractivity (Wildman–Crippen MR) is 89.8 cm³/mol. The minimum Gasteiger partial charge on any atom is -0.302 e. The Hall–Kier alpha value is -2.26. The van der Waals surface area contributed by atoms with Crippen molar-refractivity contribution in [3.05, 3.63) is 77.5 Å². The lowest BCUT2D eigenvalue weighted by Gasteiger charge is -2.22. The second-order valence-corrected chi connectivity index (χ2v) is 4.97. The molecule has 21 heavy (non-hydrogen) atoms. The number of nitrogens with one attached hydrogen (secondary N) is 2. The molecule has 3 heteroatoms. The predicted octanol–water partition coefficient (Wildman–Crippen LogP) is 3.70. The van der Waals surface area contributed by atoms with Gasteiger partial charge in [-0.15, -0.1) is 5.53 Å². The zero-order chi connectivity index (χ0) is 15.2. The van der Waals surface area contributed by atoms with Crippen LogP contribution in [0.25, 0.3) is 5.70 Å². The molecule has 2 rings (SSSR count). The van der Waals surface area contributed by atoms with E-state index in [1.54, 1.807) is 0 Å². The Balaban J connectivity index is 2.44. The highest BCUT2D eigenvalue weighted by Crippen LogP contribution is 2.28. The lowest BCUT2D eigenvalue weighted by Crippen LogP contribution is -2.38. The van der Waals surface area contributed by atoms with Gasteiger partial charge in [-0.3, -0.25) is 5.01 Å². The fourth-order valence-corrected chi connectivity index (χ4v) is 2.38. The summed E-state index contributed by atoms with van der Waals surface area (Å²) < 4.78 is 0. The van der Waals surface area contributed by atoms with E-state index in [9.17, 15) is 0 Å². The first kappa shape index (κ1) is 15.1. The third-order valence-electron chi connectivity index (χ3n) is 3.56. The molecule has 3 nitrogen and oxygen atoms in total. The zero-order valence-corrected chi connectivity index (χ0v) is 13.0. The minimum absolute atomic E-state index is 0.762. The first-order chi connectivity index (χ1) is 10.2. The van der Waals surface area contributed by atoms with Gasteiger partial charge < -0.3 is 5.43 Å². The molecule has 1 aliphatic rings. The van der Waals surface area contributed by atoms with Gasteiger partial charge in [0.1, 0.15) is 0 Å². The number of allylic oxidation sites excluding steroid dienone is 3. The van der Waals surface area contributed by atoms with Crippen LogP contribution in [-0.2, 0) is 0 Å². The van der Waals surface area contributed by atoms with Gasteiger partial charge in [0, 0.05) is 5.56 Å². The molecule has 1 aromatic rings. The van der Waals surface area contributed by atoms with Crippen LogP contribution in [0.1, 0.15) is 25.0 Å². The lowest BCUT2D eigenvalue weighted by molar-refractivity contribution is 0.308. The molecule has 0 unspecified atom stereocenters. The van der Waals surface area contributed by atoms with E-state index in [4.69, 9.17) is 0 Å². The maximum absolute atomic E-state index is 3.87. The number of rotatable bonds is 5. The summed E-state index contributed by atoms with van der Waals surface area (Å²) in [6.45, 7) is 10.8. The number of hydrogen-bond acceptors (Lipinski definition) is 3. The Morgan fingerprint density at radius 2 is 2.05 bits per heavy atom. The standard InChI is InChI=1S/C18H23N3/c1-5-10-17-18(16-12-9-8-11-14(16)4)21(20-19-17)13-15(6-2)7-3/h5-12,19-20H,2,13H2,1,3-4H3/b10-5+,15-7+. The van der Waals surface area contributed by atoms with Crippen LogP contribution in [0, 0.1) is 6.92 Å². The molecule has 0 radical (unpaired) electrons. The van der Waals surface area contributed by atoms with Gasteiger partial charge >= 0.3 is 0 Å². The van der Waals surface area contributed by atoms with Gasteiger partial charge in [0.25, 0.3) is 0 Å². The number of hydrogen-bond donors (Lipinski definition) is 2. The summed E-state index contributed by atoms with van der Waals surface area (Å²) in [5.74, 6) is 0. The van der Waals surface area contributed by atoms with Gasteiger partial charge in [0.05, 0.1) is 17.9 Å². The third-order valence-corrected chi connectivity index (χ3v) is 3.56. The molecular weight excluding hydrogens is 258 g/mol. The van der Waals surface area contributed by atoms with Crippen molar-refractivity contribution in [3.63, 3.8) is 0 Å². The molecule has 0 saturated heterocycles. The molecule has 2 N–H and O–H groups in total. The molecule has 1 aromatic carbocycles. The molecule has 0 aromatic heterocycles. The summed E-state index contributed by atoms with van der Waals surface area (Å²) >= 11 is 0. The third kappa shape index (κ3) is 3.26. The van der Waals surface area contributed by atoms with Crippen molar-refractivity contribution in [2.45, 2.75) is 20.8 Å². The van der Waals surface area contributed by atoms with Gasteiger partial charge in [-0.1, -0.05) is 49.1 Å². The fraction of sp³-hybridized carbons (Fsp3) is 0.222. The zero-order valence-electron chi connectivity index (χ0n) is 13.0. The maximum atomic E-state index is 3.87. The molecule has 0 amide bonds. The Morgan fingerprint density at radius 3 is 2.67 bits per heavy atom. The second-order valence-electron chi connectivity index (χ2n) is 4.97. The van der Waals surface area contributed by atoms with Crippen molar-refractivity contribution in [2.75, 3.05) is 6.54 Å². The van der Waals surface area contributed by atoms with E-state index < -0.39 is 0 Å². The van der Waals surface area contributed by atoms with Crippen LogP contribution in [0.4, 0.5) is 0 Å². The van der Waals surface area contributed by atoms with E-state index in [2.05, 4.69) is 65.9 Å². The van der Waals surface area contributed by atoms with Crippen LogP contribution in [0.5, 0.6) is 0 Å². The molecule has 0 atom stereocenters. The summed E-state index contributed by atoms with van der Waals surface area (Å²) in [6.07, 6.45) is 8.09. The van der Waals surface area contributed by atoms with Gasteiger partial charge in [-0.25, -0.2) is 0 Å². The van der Waals surface area contributed by atoms with Crippen LogP contribution in [0.2, 0.25) is 0 Å². The molecule has 1 aliphatic heterocycles. The molecule has 0 bridgehead atoms. The van der Waals surface area contributed by atoms with Gasteiger partial charge in [0.15, 0.2) is 0 Å². The van der Waals surface area contributed by atoms with Crippen LogP contribution < -0.4 is 11.0 Å². The Morgan fingerprint density at radius 1 is 1.29 bits per heavy atom. The Kier molecular flexibility index (Phi) is 5.01. The molecule has 0 saturated carbocycles. The van der Waals surface area contributed by atoms with Gasteiger partial charge in [-0.2, -0.15) is 0 Å². The van der Waals surface area contributed by atoms with E-state index in [0.717, 1.165) is 17.9 Å². The fourth-order valence-electron chi connectivity index (χ4n) is 2.38. The van der Waals surface area contributed by atoms with Crippen molar-refractivity contribution in [1.29, 1.82) is 0 Å². The maximum Gasteiger partial charge on any atom is 0.0861 e. The van der Waals surface area contributed by atoms with Crippen molar-refractivity contribution >= 4 is 5.70 Å². The van der Waals surface area contributed by atoms with E-state index >= 15 is 0 Å². The second kappa shape index (κ2) is 6.95. The molecule has 0 aliphatic carbocycles. The molecule has 0 fully saturated rings. The van der Waals surface area contributed by atoms with Crippen molar-refractivity contribution in [3.8, 4) is 0 Å². The minimum atomic E-state index is 0.762. The number of hydrazine groups is 2. The average Bonchev–Trinajstić information content (AvgIpc) is 2.88. The van der Waals surface area contributed by atoms with Gasteiger partial charge in [-0.05, 0) is 38.0 Å². The van der Waals surface area contributed by atoms with E-state index in [0.29, 0.717) is 0 Å². The SMILES string of the molecule is C=C/C(=C\C)CN1NNC(/C=C/C)=C1c1ccccc1C. The topological polar surface area (TPSA) is 27.3 Å². The van der Waals surface area contributed by atoms with Crippen LogP contribution in [-0.4, -0.2) is 11.6 Å². The Bertz CT molecular complexity index is 609. The lowest BCUT2D eigenvalue weighted by atomic mass is 10.0. The van der Waals surface area contributed by atoms with E-state index in [-0.39, 0.29) is 0 Å². The molecule has 110 valence electrons. The largest absolute Gasteiger partial charge is 0.302 e. The van der Waals surface area contributed by atoms with Crippen molar-refractivity contribution in [2.24, 2.45) is 0 Å². The summed E-state index contributed by atoms with van der Waals surface area (Å²) in [7, 11) is 0. The normalized spacial score (nSPS) is 15.8. The van der Waals surface area contributed by atoms with Crippen LogP contribution in [0.15, 0.2) is 66.4 Å². The molecule has 0 spiro atoms. The summed E-state index contributed by atoms with van der Waals surface area (Å²) in [5.41, 5.74) is 12.4. The first-order valence-corrected chi connectivity index (χ1v) is 7.21. The summed E-state index contributed by atoms with van der Waals surface area (Å²) in [4.78, 5) is 0. The highest BCUT2D eigenvalue weighted by molar-refractivity contribution is 5.72. The average molecular weight is 281 g/mol. The molecular formula is C18H23N3.